The monoisotopic (exact) mass is 558 g/mol. The van der Waals surface area contributed by atoms with E-state index < -0.39 is 0 Å². The first-order chi connectivity index (χ1) is 20.5. The van der Waals surface area contributed by atoms with Crippen LogP contribution in [0.4, 0.5) is 34.1 Å². The number of benzene rings is 5. The highest BCUT2D eigenvalue weighted by Gasteiger charge is 2.47. The van der Waals surface area contributed by atoms with Gasteiger partial charge >= 0.3 is 0 Å². The molecule has 4 aliphatic heterocycles. The Kier molecular flexibility index (Phi) is 4.57. The lowest BCUT2D eigenvalue weighted by molar-refractivity contribution is 0.596. The van der Waals surface area contributed by atoms with Gasteiger partial charge in [0, 0.05) is 22.2 Å². The van der Waals surface area contributed by atoms with Crippen LogP contribution in [0.15, 0.2) is 97.1 Å². The first-order valence-electron chi connectivity index (χ1n) is 15.8. The van der Waals surface area contributed by atoms with Crippen molar-refractivity contribution in [1.82, 2.24) is 0 Å². The fraction of sp³-hybridized carbons (Fsp3) is 0.268. The molecule has 2 heteroatoms. The fourth-order valence-electron chi connectivity index (χ4n) is 9.02. The van der Waals surface area contributed by atoms with E-state index in [0.717, 1.165) is 0 Å². The Balaban J connectivity index is 1.38. The minimum atomic E-state index is -0.161. The van der Waals surface area contributed by atoms with Crippen molar-refractivity contribution in [1.29, 1.82) is 0 Å². The average Bonchev–Trinajstić information content (AvgIpc) is 3.00. The van der Waals surface area contributed by atoms with Crippen LogP contribution in [0.5, 0.6) is 0 Å². The zero-order valence-electron chi connectivity index (χ0n) is 26.2. The zero-order chi connectivity index (χ0) is 29.6. The Morgan fingerprint density at radius 2 is 0.884 bits per heavy atom. The smallest absolute Gasteiger partial charge is 0.0543 e. The summed E-state index contributed by atoms with van der Waals surface area (Å²) in [6, 6.07) is 37.2. The number of hydrogen-bond donors (Lipinski definition) is 0. The predicted molar refractivity (Wildman–Crippen MR) is 180 cm³/mol. The van der Waals surface area contributed by atoms with Crippen LogP contribution in [-0.4, -0.2) is 0 Å². The van der Waals surface area contributed by atoms with Crippen molar-refractivity contribution in [3.05, 3.63) is 142 Å². The van der Waals surface area contributed by atoms with Crippen molar-refractivity contribution in [3.8, 4) is 0 Å². The van der Waals surface area contributed by atoms with E-state index in [4.69, 9.17) is 0 Å². The molecule has 0 aromatic heterocycles. The van der Waals surface area contributed by atoms with E-state index in [9.17, 15) is 0 Å². The van der Waals surface area contributed by atoms with Crippen LogP contribution in [0.2, 0.25) is 0 Å². The maximum atomic E-state index is 2.60. The molecule has 4 aliphatic rings. The fourth-order valence-corrected chi connectivity index (χ4v) is 9.02. The first kappa shape index (κ1) is 25.2. The van der Waals surface area contributed by atoms with Gasteiger partial charge in [-0.15, -0.1) is 0 Å². The number of hydrogen-bond acceptors (Lipinski definition) is 2. The Morgan fingerprint density at radius 3 is 1.49 bits per heavy atom. The molecule has 5 aromatic rings. The van der Waals surface area contributed by atoms with Crippen LogP contribution >= 0.6 is 0 Å². The number of rotatable bonds is 0. The van der Waals surface area contributed by atoms with E-state index in [2.05, 4.69) is 155 Å². The van der Waals surface area contributed by atoms with Gasteiger partial charge in [-0.05, 0) is 68.8 Å². The molecule has 0 saturated carbocycles. The van der Waals surface area contributed by atoms with Crippen LogP contribution in [0.25, 0.3) is 0 Å². The van der Waals surface area contributed by atoms with Crippen molar-refractivity contribution in [3.63, 3.8) is 0 Å². The van der Waals surface area contributed by atoms with Crippen molar-refractivity contribution in [2.24, 2.45) is 0 Å². The minimum Gasteiger partial charge on any atom is -0.309 e. The van der Waals surface area contributed by atoms with E-state index in [1.807, 2.05) is 0 Å². The first-order valence-corrected chi connectivity index (χ1v) is 15.8. The van der Waals surface area contributed by atoms with Crippen LogP contribution in [0.3, 0.4) is 0 Å². The van der Waals surface area contributed by atoms with E-state index >= 15 is 0 Å². The van der Waals surface area contributed by atoms with E-state index in [0.29, 0.717) is 0 Å². The van der Waals surface area contributed by atoms with E-state index in [1.165, 1.54) is 78.6 Å². The summed E-state index contributed by atoms with van der Waals surface area (Å²) in [5.41, 5.74) is 18.9. The summed E-state index contributed by atoms with van der Waals surface area (Å²) >= 11 is 0. The number of nitrogens with zero attached hydrogens (tertiary/aromatic N) is 2. The van der Waals surface area contributed by atoms with Crippen molar-refractivity contribution in [2.45, 2.75) is 70.6 Å². The van der Waals surface area contributed by atoms with Crippen LogP contribution in [-0.2, 0) is 16.2 Å². The molecule has 0 saturated heterocycles. The Morgan fingerprint density at radius 1 is 0.419 bits per heavy atom. The molecule has 2 nitrogen and oxygen atoms in total. The standard InChI is InChI=1S/C41H38N2/c1-24-25-14-12-17-29-37(25)42(33-20-10-8-15-27(33)39(29,2)3)35-23-32-36(22-26(24)35)43-34-21-11-9-16-28(34)40(4,5)30-18-13-19-31(38(30)43)41(32,6)7/h8-24H,1-7H3. The maximum absolute atomic E-state index is 2.60. The van der Waals surface area contributed by atoms with Gasteiger partial charge in [-0.25, -0.2) is 0 Å². The maximum Gasteiger partial charge on any atom is 0.0543 e. The highest BCUT2D eigenvalue weighted by molar-refractivity contribution is 5.97. The van der Waals surface area contributed by atoms with E-state index in [-0.39, 0.29) is 22.2 Å². The molecule has 9 rings (SSSR count). The van der Waals surface area contributed by atoms with Gasteiger partial charge in [0.2, 0.25) is 0 Å². The number of para-hydroxylation sites is 4. The Hall–Kier alpha value is -4.30. The third-order valence-corrected chi connectivity index (χ3v) is 11.4. The number of fused-ring (bicyclic) bond motifs is 8. The molecule has 0 spiro atoms. The molecular formula is C41H38N2. The highest BCUT2D eigenvalue weighted by Crippen LogP contribution is 2.64. The molecule has 1 unspecified atom stereocenters. The molecule has 4 heterocycles. The lowest BCUT2D eigenvalue weighted by atomic mass is 9.65. The second kappa shape index (κ2) is 7.80. The summed E-state index contributed by atoms with van der Waals surface area (Å²) in [6.07, 6.45) is 0. The van der Waals surface area contributed by atoms with Crippen molar-refractivity contribution < 1.29 is 0 Å². The summed E-state index contributed by atoms with van der Waals surface area (Å²) in [7, 11) is 0. The summed E-state index contributed by atoms with van der Waals surface area (Å²) < 4.78 is 0. The van der Waals surface area contributed by atoms with Crippen LogP contribution in [0.1, 0.15) is 98.9 Å². The molecule has 0 aliphatic carbocycles. The second-order valence-corrected chi connectivity index (χ2v) is 14.7. The minimum absolute atomic E-state index is 0.0667. The SMILES string of the molecule is CC1c2cc3c(cc2N2c4ccccc4C(C)(C)c4cccc1c42)C(C)(C)c1cccc2c1N3c1ccccc1C2(C)C. The summed E-state index contributed by atoms with van der Waals surface area (Å²) in [6.45, 7) is 16.8. The molecule has 1 atom stereocenters. The van der Waals surface area contributed by atoms with Gasteiger partial charge in [-0.2, -0.15) is 0 Å². The van der Waals surface area contributed by atoms with Crippen LogP contribution < -0.4 is 9.80 Å². The number of anilines is 6. The Labute approximate surface area is 255 Å². The molecule has 0 fully saturated rings. The van der Waals surface area contributed by atoms with Gasteiger partial charge in [0.05, 0.1) is 34.1 Å². The van der Waals surface area contributed by atoms with Crippen molar-refractivity contribution in [2.75, 3.05) is 9.80 Å². The van der Waals surface area contributed by atoms with Gasteiger partial charge in [0.15, 0.2) is 0 Å². The highest BCUT2D eigenvalue weighted by atomic mass is 15.2. The third-order valence-electron chi connectivity index (χ3n) is 11.4. The molecule has 43 heavy (non-hydrogen) atoms. The lowest BCUT2D eigenvalue weighted by Gasteiger charge is -2.51. The van der Waals surface area contributed by atoms with Gasteiger partial charge in [0.1, 0.15) is 0 Å². The molecule has 212 valence electrons. The molecule has 5 aromatic carbocycles. The molecule has 0 bridgehead atoms. The summed E-state index contributed by atoms with van der Waals surface area (Å²) in [5.74, 6) is 0.281. The van der Waals surface area contributed by atoms with Crippen molar-refractivity contribution >= 4 is 34.1 Å². The molecular weight excluding hydrogens is 520 g/mol. The Bertz CT molecular complexity index is 2040. The molecule has 0 radical (unpaired) electrons. The lowest BCUT2D eigenvalue weighted by Crippen LogP contribution is -2.39. The topological polar surface area (TPSA) is 6.48 Å². The van der Waals surface area contributed by atoms with E-state index in [1.54, 1.807) is 0 Å². The summed E-state index contributed by atoms with van der Waals surface area (Å²) in [4.78, 5) is 5.19. The van der Waals surface area contributed by atoms with Gasteiger partial charge < -0.3 is 9.80 Å². The van der Waals surface area contributed by atoms with Gasteiger partial charge in [-0.3, -0.25) is 0 Å². The summed E-state index contributed by atoms with van der Waals surface area (Å²) in [5, 5.41) is 0. The third kappa shape index (κ3) is 2.86. The average molecular weight is 559 g/mol. The molecule has 0 N–H and O–H groups in total. The van der Waals surface area contributed by atoms with Crippen LogP contribution in [0, 0.1) is 0 Å². The normalized spacial score (nSPS) is 20.2. The van der Waals surface area contributed by atoms with Gasteiger partial charge in [0.25, 0.3) is 0 Å². The van der Waals surface area contributed by atoms with Gasteiger partial charge in [-0.1, -0.05) is 121 Å². The zero-order valence-corrected chi connectivity index (χ0v) is 26.2. The second-order valence-electron chi connectivity index (χ2n) is 14.7. The predicted octanol–water partition coefficient (Wildman–Crippen LogP) is 11.0. The quantitative estimate of drug-likeness (QED) is 0.186. The largest absolute Gasteiger partial charge is 0.309 e. The molecule has 0 amide bonds.